The molecule has 0 fully saturated rings. The molecule has 0 aliphatic carbocycles. The maximum atomic E-state index is 12.6. The smallest absolute Gasteiger partial charge is 0.246 e. The molecule has 0 aromatic heterocycles. The predicted molar refractivity (Wildman–Crippen MR) is 92.7 cm³/mol. The molecule has 1 heterocycles. The molecule has 0 saturated heterocycles. The fourth-order valence-electron chi connectivity index (χ4n) is 2.08. The van der Waals surface area contributed by atoms with E-state index in [0.29, 0.717) is 11.5 Å². The Labute approximate surface area is 145 Å². The Bertz CT molecular complexity index is 839. The van der Waals surface area contributed by atoms with Crippen LogP contribution in [-0.2, 0) is 20.0 Å². The molecule has 23 heavy (non-hydrogen) atoms. The van der Waals surface area contributed by atoms with Crippen molar-refractivity contribution >= 4 is 49.1 Å². The third-order valence-corrected chi connectivity index (χ3v) is 7.57. The molecule has 0 amide bonds. The Kier molecular flexibility index (Phi) is 5.34. The standard InChI is InChI=1S/C12H16ClN3O4S3/c1-3-4-21-7-12-15-9-5-8(13)10(22(14,17)18)6-11(9)23(19,20)16(12)2/h3,5-6,12,15H,1,4,7H2,2H3,(H2,14,17,18)/t12-/m1/s1. The number of nitrogens with zero attached hydrogens (tertiary/aromatic N) is 1. The number of nitrogens with two attached hydrogens (primary N) is 1. The molecule has 11 heteroatoms. The van der Waals surface area contributed by atoms with Crippen LogP contribution in [0.1, 0.15) is 0 Å². The lowest BCUT2D eigenvalue weighted by Gasteiger charge is -2.34. The second-order valence-corrected chi connectivity index (χ2v) is 9.81. The summed E-state index contributed by atoms with van der Waals surface area (Å²) in [4.78, 5) is -0.588. The van der Waals surface area contributed by atoms with Crippen molar-refractivity contribution < 1.29 is 16.8 Å². The van der Waals surface area contributed by atoms with Crippen molar-refractivity contribution in [1.82, 2.24) is 4.31 Å². The second kappa shape index (κ2) is 6.61. The van der Waals surface area contributed by atoms with Gasteiger partial charge in [-0.25, -0.2) is 22.0 Å². The van der Waals surface area contributed by atoms with E-state index < -0.39 is 31.1 Å². The highest BCUT2D eigenvalue weighted by Crippen LogP contribution is 2.36. The maximum absolute atomic E-state index is 12.6. The van der Waals surface area contributed by atoms with Gasteiger partial charge >= 0.3 is 0 Å². The topological polar surface area (TPSA) is 110 Å². The first-order valence-electron chi connectivity index (χ1n) is 6.38. The molecule has 1 atom stereocenters. The number of primary sulfonamides is 1. The van der Waals surface area contributed by atoms with Gasteiger partial charge in [0.25, 0.3) is 0 Å². The van der Waals surface area contributed by atoms with Crippen LogP contribution in [-0.4, -0.2) is 45.9 Å². The molecule has 1 aromatic carbocycles. The van der Waals surface area contributed by atoms with Crippen molar-refractivity contribution in [2.24, 2.45) is 5.14 Å². The fourth-order valence-corrected chi connectivity index (χ4v) is 5.62. The maximum Gasteiger partial charge on any atom is 0.246 e. The first-order chi connectivity index (χ1) is 10.6. The normalized spacial score (nSPS) is 20.6. The van der Waals surface area contributed by atoms with Crippen LogP contribution in [0.3, 0.4) is 0 Å². The summed E-state index contributed by atoms with van der Waals surface area (Å²) in [5, 5.41) is 7.99. The summed E-state index contributed by atoms with van der Waals surface area (Å²) in [6.07, 6.45) is 1.25. The van der Waals surface area contributed by atoms with Gasteiger partial charge in [0.05, 0.1) is 10.7 Å². The minimum Gasteiger partial charge on any atom is -0.367 e. The summed E-state index contributed by atoms with van der Waals surface area (Å²) in [5.74, 6) is 1.18. The molecule has 0 spiro atoms. The molecular weight excluding hydrogens is 382 g/mol. The predicted octanol–water partition coefficient (Wildman–Crippen LogP) is 1.28. The molecule has 1 aliphatic rings. The molecule has 0 radical (unpaired) electrons. The molecule has 7 nitrogen and oxygen atoms in total. The SMILES string of the molecule is C=CCSC[C@@H]1Nc2cc(Cl)c(S(N)(=O)=O)cc2S(=O)(=O)N1C. The molecular formula is C12H16ClN3O4S3. The Morgan fingerprint density at radius 3 is 2.74 bits per heavy atom. The fraction of sp³-hybridized carbons (Fsp3) is 0.333. The number of hydrogen-bond acceptors (Lipinski definition) is 6. The van der Waals surface area contributed by atoms with Crippen molar-refractivity contribution in [3.05, 3.63) is 29.8 Å². The molecule has 1 aromatic rings. The molecule has 0 saturated carbocycles. The number of rotatable bonds is 5. The van der Waals surface area contributed by atoms with Crippen molar-refractivity contribution in [2.45, 2.75) is 16.0 Å². The Hall–Kier alpha value is -0.780. The number of nitrogens with one attached hydrogen (secondary N) is 1. The number of benzene rings is 1. The summed E-state index contributed by atoms with van der Waals surface area (Å²) in [5.41, 5.74) is 0.254. The third kappa shape index (κ3) is 3.67. The zero-order chi connectivity index (χ0) is 17.4. The second-order valence-electron chi connectivity index (χ2n) is 4.83. The van der Waals surface area contributed by atoms with Gasteiger partial charge in [0.1, 0.15) is 16.0 Å². The van der Waals surface area contributed by atoms with Crippen LogP contribution in [0.5, 0.6) is 0 Å². The lowest BCUT2D eigenvalue weighted by molar-refractivity contribution is 0.413. The summed E-state index contributed by atoms with van der Waals surface area (Å²) >= 11 is 7.44. The number of anilines is 1. The van der Waals surface area contributed by atoms with Crippen molar-refractivity contribution in [3.63, 3.8) is 0 Å². The highest BCUT2D eigenvalue weighted by Gasteiger charge is 2.36. The molecule has 128 valence electrons. The molecule has 2 rings (SSSR count). The van der Waals surface area contributed by atoms with Gasteiger partial charge in [-0.3, -0.25) is 0 Å². The van der Waals surface area contributed by atoms with E-state index in [0.717, 1.165) is 10.4 Å². The lowest BCUT2D eigenvalue weighted by Crippen LogP contribution is -2.47. The van der Waals surface area contributed by atoms with E-state index in [-0.39, 0.29) is 15.6 Å². The van der Waals surface area contributed by atoms with E-state index >= 15 is 0 Å². The summed E-state index contributed by atoms with van der Waals surface area (Å²) in [7, 11) is -6.55. The van der Waals surface area contributed by atoms with Gasteiger partial charge < -0.3 is 5.32 Å². The van der Waals surface area contributed by atoms with Gasteiger partial charge in [-0.1, -0.05) is 17.7 Å². The zero-order valence-electron chi connectivity index (χ0n) is 12.2. The van der Waals surface area contributed by atoms with E-state index in [2.05, 4.69) is 11.9 Å². The number of thioether (sulfide) groups is 1. The van der Waals surface area contributed by atoms with E-state index in [1.165, 1.54) is 24.9 Å². The van der Waals surface area contributed by atoms with E-state index in [4.69, 9.17) is 16.7 Å². The van der Waals surface area contributed by atoms with Crippen LogP contribution < -0.4 is 10.5 Å². The molecule has 1 aliphatic heterocycles. The monoisotopic (exact) mass is 397 g/mol. The van der Waals surface area contributed by atoms with Crippen molar-refractivity contribution in [3.8, 4) is 0 Å². The van der Waals surface area contributed by atoms with Gasteiger partial charge in [0, 0.05) is 18.6 Å². The van der Waals surface area contributed by atoms with Gasteiger partial charge in [0.15, 0.2) is 0 Å². The highest BCUT2D eigenvalue weighted by molar-refractivity contribution is 7.99. The average Bonchev–Trinajstić information content (AvgIpc) is 2.42. The van der Waals surface area contributed by atoms with Crippen LogP contribution >= 0.6 is 23.4 Å². The Morgan fingerprint density at radius 2 is 2.17 bits per heavy atom. The lowest BCUT2D eigenvalue weighted by atomic mass is 10.3. The Balaban J connectivity index is 2.51. The van der Waals surface area contributed by atoms with Gasteiger partial charge in [-0.05, 0) is 12.1 Å². The van der Waals surface area contributed by atoms with E-state index in [1.807, 2.05) is 0 Å². The largest absolute Gasteiger partial charge is 0.367 e. The van der Waals surface area contributed by atoms with Crippen LogP contribution in [0.2, 0.25) is 5.02 Å². The third-order valence-electron chi connectivity index (χ3n) is 3.27. The number of sulfonamides is 2. The van der Waals surface area contributed by atoms with Crippen LogP contribution in [0.4, 0.5) is 5.69 Å². The Morgan fingerprint density at radius 1 is 1.52 bits per heavy atom. The molecule has 0 unspecified atom stereocenters. The molecule has 0 bridgehead atoms. The first-order valence-corrected chi connectivity index (χ1v) is 10.9. The minimum atomic E-state index is -4.12. The van der Waals surface area contributed by atoms with Crippen LogP contribution in [0.25, 0.3) is 0 Å². The van der Waals surface area contributed by atoms with Crippen LogP contribution in [0.15, 0.2) is 34.6 Å². The first kappa shape index (κ1) is 18.6. The highest BCUT2D eigenvalue weighted by atomic mass is 35.5. The number of halogens is 1. The van der Waals surface area contributed by atoms with Gasteiger partial charge in [-0.15, -0.1) is 6.58 Å². The number of hydrogen-bond donors (Lipinski definition) is 2. The van der Waals surface area contributed by atoms with E-state index in [9.17, 15) is 16.8 Å². The quantitative estimate of drug-likeness (QED) is 0.572. The zero-order valence-corrected chi connectivity index (χ0v) is 15.4. The van der Waals surface area contributed by atoms with Gasteiger partial charge in [0.2, 0.25) is 20.0 Å². The summed E-state index contributed by atoms with van der Waals surface area (Å²) in [6.45, 7) is 3.61. The van der Waals surface area contributed by atoms with Crippen molar-refractivity contribution in [1.29, 1.82) is 0 Å². The van der Waals surface area contributed by atoms with Gasteiger partial charge in [-0.2, -0.15) is 16.1 Å². The minimum absolute atomic E-state index is 0.129. The number of fused-ring (bicyclic) bond motifs is 1. The van der Waals surface area contributed by atoms with E-state index in [1.54, 1.807) is 6.08 Å². The van der Waals surface area contributed by atoms with Crippen molar-refractivity contribution in [2.75, 3.05) is 23.9 Å². The summed E-state index contributed by atoms with van der Waals surface area (Å²) in [6, 6.07) is 2.26. The summed E-state index contributed by atoms with van der Waals surface area (Å²) < 4.78 is 49.4. The van der Waals surface area contributed by atoms with Crippen LogP contribution in [0, 0.1) is 0 Å². The molecule has 3 N–H and O–H groups in total. The average molecular weight is 398 g/mol.